The molecule has 0 aliphatic rings. The second kappa shape index (κ2) is 8.53. The summed E-state index contributed by atoms with van der Waals surface area (Å²) in [6.45, 7) is 9.08. The zero-order valence-electron chi connectivity index (χ0n) is 11.2. The minimum atomic E-state index is 0.180. The van der Waals surface area contributed by atoms with E-state index in [1.54, 1.807) is 4.90 Å². The molecule has 1 amide bonds. The van der Waals surface area contributed by atoms with Crippen LogP contribution in [-0.4, -0.2) is 55.0 Å². The van der Waals surface area contributed by atoms with Gasteiger partial charge in [-0.1, -0.05) is 13.3 Å². The maximum Gasteiger partial charge on any atom is 0.236 e. The summed E-state index contributed by atoms with van der Waals surface area (Å²) >= 11 is 0. The summed E-state index contributed by atoms with van der Waals surface area (Å²) in [7, 11) is 1.85. The third-order valence-electron chi connectivity index (χ3n) is 2.80. The van der Waals surface area contributed by atoms with Gasteiger partial charge >= 0.3 is 0 Å². The van der Waals surface area contributed by atoms with E-state index < -0.39 is 0 Å². The maximum atomic E-state index is 11.9. The SMILES string of the molecule is CCCCN(CCN)CC(=O)N(C)C(C)C. The smallest absolute Gasteiger partial charge is 0.236 e. The number of nitrogens with two attached hydrogens (primary N) is 1. The van der Waals surface area contributed by atoms with Gasteiger partial charge in [0.25, 0.3) is 0 Å². The van der Waals surface area contributed by atoms with Gasteiger partial charge in [-0.15, -0.1) is 0 Å². The molecule has 0 bridgehead atoms. The lowest BCUT2D eigenvalue weighted by molar-refractivity contribution is -0.132. The van der Waals surface area contributed by atoms with E-state index in [-0.39, 0.29) is 11.9 Å². The van der Waals surface area contributed by atoms with Crippen LogP contribution in [-0.2, 0) is 4.79 Å². The molecule has 2 N–H and O–H groups in total. The van der Waals surface area contributed by atoms with Crippen LogP contribution in [0.4, 0.5) is 0 Å². The monoisotopic (exact) mass is 229 g/mol. The number of unbranched alkanes of at least 4 members (excludes halogenated alkanes) is 1. The van der Waals surface area contributed by atoms with Crippen molar-refractivity contribution in [1.29, 1.82) is 0 Å². The van der Waals surface area contributed by atoms with Gasteiger partial charge in [0.15, 0.2) is 0 Å². The van der Waals surface area contributed by atoms with Crippen molar-refractivity contribution in [3.05, 3.63) is 0 Å². The van der Waals surface area contributed by atoms with E-state index in [9.17, 15) is 4.79 Å². The van der Waals surface area contributed by atoms with Gasteiger partial charge in [0, 0.05) is 26.2 Å². The third kappa shape index (κ3) is 6.08. The Kier molecular flexibility index (Phi) is 8.21. The molecule has 0 unspecified atom stereocenters. The van der Waals surface area contributed by atoms with Crippen LogP contribution in [0.1, 0.15) is 33.6 Å². The first kappa shape index (κ1) is 15.4. The molecule has 16 heavy (non-hydrogen) atoms. The van der Waals surface area contributed by atoms with Crippen molar-refractivity contribution in [3.63, 3.8) is 0 Å². The fourth-order valence-electron chi connectivity index (χ4n) is 1.43. The van der Waals surface area contributed by atoms with Crippen molar-refractivity contribution >= 4 is 5.91 Å². The summed E-state index contributed by atoms with van der Waals surface area (Å²) in [5.41, 5.74) is 5.55. The van der Waals surface area contributed by atoms with E-state index in [1.807, 2.05) is 20.9 Å². The lowest BCUT2D eigenvalue weighted by atomic mass is 10.3. The summed E-state index contributed by atoms with van der Waals surface area (Å²) in [4.78, 5) is 15.8. The van der Waals surface area contributed by atoms with E-state index in [4.69, 9.17) is 5.73 Å². The lowest BCUT2D eigenvalue weighted by Crippen LogP contribution is -2.43. The van der Waals surface area contributed by atoms with Crippen LogP contribution in [0.5, 0.6) is 0 Å². The second-order valence-corrected chi connectivity index (χ2v) is 4.52. The van der Waals surface area contributed by atoms with Crippen molar-refractivity contribution < 1.29 is 4.79 Å². The fraction of sp³-hybridized carbons (Fsp3) is 0.917. The van der Waals surface area contributed by atoms with E-state index >= 15 is 0 Å². The molecule has 0 saturated carbocycles. The van der Waals surface area contributed by atoms with Crippen molar-refractivity contribution in [1.82, 2.24) is 9.80 Å². The third-order valence-corrected chi connectivity index (χ3v) is 2.80. The highest BCUT2D eigenvalue weighted by Crippen LogP contribution is 1.99. The van der Waals surface area contributed by atoms with Crippen molar-refractivity contribution in [2.24, 2.45) is 5.73 Å². The van der Waals surface area contributed by atoms with E-state index in [0.717, 1.165) is 25.9 Å². The zero-order chi connectivity index (χ0) is 12.6. The van der Waals surface area contributed by atoms with Crippen LogP contribution in [0.3, 0.4) is 0 Å². The molecule has 0 spiro atoms. The Morgan fingerprint density at radius 1 is 1.31 bits per heavy atom. The first-order chi connectivity index (χ1) is 7.52. The molecule has 0 aliphatic carbocycles. The summed E-state index contributed by atoms with van der Waals surface area (Å²) in [6, 6.07) is 0.262. The van der Waals surface area contributed by atoms with Crippen LogP contribution in [0.15, 0.2) is 0 Å². The molecule has 0 aliphatic heterocycles. The molecular weight excluding hydrogens is 202 g/mol. The van der Waals surface area contributed by atoms with E-state index in [1.165, 1.54) is 0 Å². The first-order valence-electron chi connectivity index (χ1n) is 6.21. The van der Waals surface area contributed by atoms with Crippen LogP contribution in [0.25, 0.3) is 0 Å². The van der Waals surface area contributed by atoms with Gasteiger partial charge in [-0.25, -0.2) is 0 Å². The standard InChI is InChI=1S/C12H27N3O/c1-5-6-8-15(9-7-13)10-12(16)14(4)11(2)3/h11H,5-10,13H2,1-4H3. The van der Waals surface area contributed by atoms with Gasteiger partial charge in [0.2, 0.25) is 5.91 Å². The quantitative estimate of drug-likeness (QED) is 0.673. The molecule has 0 aromatic carbocycles. The van der Waals surface area contributed by atoms with Gasteiger partial charge in [0.1, 0.15) is 0 Å². The molecule has 96 valence electrons. The van der Waals surface area contributed by atoms with Gasteiger partial charge in [-0.2, -0.15) is 0 Å². The summed E-state index contributed by atoms with van der Waals surface area (Å²) < 4.78 is 0. The average Bonchev–Trinajstić information content (AvgIpc) is 2.24. The van der Waals surface area contributed by atoms with Crippen molar-refractivity contribution in [3.8, 4) is 0 Å². The lowest BCUT2D eigenvalue weighted by Gasteiger charge is -2.26. The van der Waals surface area contributed by atoms with Gasteiger partial charge in [0.05, 0.1) is 6.54 Å². The number of amides is 1. The van der Waals surface area contributed by atoms with Crippen molar-refractivity contribution in [2.75, 3.05) is 33.2 Å². The number of nitrogens with zero attached hydrogens (tertiary/aromatic N) is 2. The number of hydrogen-bond donors (Lipinski definition) is 1. The Bertz CT molecular complexity index is 195. The number of carbonyl (C=O) groups excluding carboxylic acids is 1. The van der Waals surface area contributed by atoms with Crippen LogP contribution < -0.4 is 5.73 Å². The highest BCUT2D eigenvalue weighted by molar-refractivity contribution is 5.78. The maximum absolute atomic E-state index is 11.9. The molecule has 0 aromatic heterocycles. The molecule has 0 rings (SSSR count). The van der Waals surface area contributed by atoms with Crippen LogP contribution in [0.2, 0.25) is 0 Å². The average molecular weight is 229 g/mol. The molecule has 4 nitrogen and oxygen atoms in total. The number of carbonyl (C=O) groups is 1. The summed E-state index contributed by atoms with van der Waals surface area (Å²) in [5, 5.41) is 0. The molecule has 0 heterocycles. The van der Waals surface area contributed by atoms with Crippen molar-refractivity contribution in [2.45, 2.75) is 39.7 Å². The Morgan fingerprint density at radius 2 is 1.94 bits per heavy atom. The van der Waals surface area contributed by atoms with Crippen LogP contribution in [0, 0.1) is 0 Å². The first-order valence-corrected chi connectivity index (χ1v) is 6.21. The molecule has 4 heteroatoms. The largest absolute Gasteiger partial charge is 0.342 e. The minimum absolute atomic E-state index is 0.180. The molecule has 0 radical (unpaired) electrons. The summed E-state index contributed by atoms with van der Waals surface area (Å²) in [6.07, 6.45) is 2.27. The van der Waals surface area contributed by atoms with Crippen LogP contribution >= 0.6 is 0 Å². The highest BCUT2D eigenvalue weighted by Gasteiger charge is 2.15. The fourth-order valence-corrected chi connectivity index (χ4v) is 1.43. The van der Waals surface area contributed by atoms with Gasteiger partial charge in [-0.05, 0) is 26.8 Å². The molecule has 0 fully saturated rings. The Hall–Kier alpha value is -0.610. The second-order valence-electron chi connectivity index (χ2n) is 4.52. The predicted molar refractivity (Wildman–Crippen MR) is 68.3 cm³/mol. The Balaban J connectivity index is 4.11. The molecule has 0 saturated heterocycles. The van der Waals surface area contributed by atoms with Gasteiger partial charge < -0.3 is 10.6 Å². The number of likely N-dealkylation sites (N-methyl/N-ethyl adjacent to an activating group) is 1. The minimum Gasteiger partial charge on any atom is -0.342 e. The zero-order valence-corrected chi connectivity index (χ0v) is 11.2. The molecule has 0 aromatic rings. The number of rotatable bonds is 8. The molecular formula is C12H27N3O. The Morgan fingerprint density at radius 3 is 2.38 bits per heavy atom. The predicted octanol–water partition coefficient (Wildman–Crippen LogP) is 0.914. The van der Waals surface area contributed by atoms with E-state index in [0.29, 0.717) is 13.1 Å². The van der Waals surface area contributed by atoms with Gasteiger partial charge in [-0.3, -0.25) is 9.69 Å². The highest BCUT2D eigenvalue weighted by atomic mass is 16.2. The summed E-state index contributed by atoms with van der Waals surface area (Å²) in [5.74, 6) is 0.180. The molecule has 0 atom stereocenters. The number of hydrogen-bond acceptors (Lipinski definition) is 3. The normalized spacial score (nSPS) is 11.2. The topological polar surface area (TPSA) is 49.6 Å². The van der Waals surface area contributed by atoms with E-state index in [2.05, 4.69) is 11.8 Å². The Labute approximate surface area is 99.8 Å².